The van der Waals surface area contributed by atoms with Crippen LogP contribution in [0.15, 0.2) is 53.0 Å². The quantitative estimate of drug-likeness (QED) is 0.291. The van der Waals surface area contributed by atoms with E-state index in [9.17, 15) is 39.9 Å². The van der Waals surface area contributed by atoms with Gasteiger partial charge in [-0.15, -0.1) is 0 Å². The van der Waals surface area contributed by atoms with Gasteiger partial charge in [0.1, 0.15) is 22.8 Å². The lowest BCUT2D eigenvalue weighted by Gasteiger charge is -2.53. The average molecular weight is 565 g/mol. The minimum Gasteiger partial charge on any atom is -0.510 e. The van der Waals surface area contributed by atoms with Gasteiger partial charge < -0.3 is 40.7 Å². The zero-order valence-corrected chi connectivity index (χ0v) is 22.3. The Labute approximate surface area is 233 Å². The fourth-order valence-electron chi connectivity index (χ4n) is 6.92. The van der Waals surface area contributed by atoms with Crippen LogP contribution >= 0.6 is 0 Å². The van der Waals surface area contributed by atoms with E-state index in [4.69, 9.17) is 15.2 Å². The molecule has 0 saturated carbocycles. The Morgan fingerprint density at radius 2 is 1.76 bits per heavy atom. The van der Waals surface area contributed by atoms with Gasteiger partial charge in [-0.1, -0.05) is 25.1 Å². The number of hydrogen-bond donors (Lipinski definition) is 6. The molecule has 0 radical (unpaired) electrons. The van der Waals surface area contributed by atoms with Crippen LogP contribution in [0.5, 0.6) is 17.2 Å². The Hall–Kier alpha value is -4.39. The Morgan fingerprint density at radius 3 is 2.41 bits per heavy atom. The molecule has 0 aromatic heterocycles. The van der Waals surface area contributed by atoms with Crippen molar-refractivity contribution in [2.75, 3.05) is 20.9 Å². The van der Waals surface area contributed by atoms with Crippen molar-refractivity contribution in [1.82, 2.24) is 4.90 Å². The second kappa shape index (κ2) is 8.80. The summed E-state index contributed by atoms with van der Waals surface area (Å²) >= 11 is 0. The standard InChI is InChI=1S/C29H28N2O10/c1-10-12-5-6-13(11-4-7-14-15(8-11)41-9-40-14)22(32)17(12)23(33)18-16(10)24(34)20-21(31(2)3)25(35)19(28(30)38)27(37)29(20,39)26(18)36/h4-8,10,16,20-21,24,32,34-36,39H,9H2,1-3H3,(H2,30,38)/t10-,16+,20+,21-,24-,29-/m1/s1. The fraction of sp³-hybridized carbons (Fsp3) is 0.345. The van der Waals surface area contributed by atoms with E-state index in [1.165, 1.54) is 19.0 Å². The van der Waals surface area contributed by atoms with E-state index < -0.39 is 81.4 Å². The lowest BCUT2D eigenvalue weighted by Crippen LogP contribution is -2.68. The normalized spacial score (nSPS) is 30.3. The zero-order valence-electron chi connectivity index (χ0n) is 22.3. The number of likely N-dealkylation sites (N-methyl/N-ethyl adjacent to an activating group) is 1. The van der Waals surface area contributed by atoms with Crippen LogP contribution in [0, 0.1) is 11.8 Å². The lowest BCUT2D eigenvalue weighted by atomic mass is 9.55. The maximum Gasteiger partial charge on any atom is 0.255 e. The van der Waals surface area contributed by atoms with E-state index in [0.717, 1.165) is 0 Å². The Kier molecular flexibility index (Phi) is 5.76. The van der Waals surface area contributed by atoms with Crippen LogP contribution in [0.25, 0.3) is 11.1 Å². The number of hydrogen-bond acceptors (Lipinski definition) is 11. The van der Waals surface area contributed by atoms with Crippen molar-refractivity contribution in [2.45, 2.75) is 30.6 Å². The number of ether oxygens (including phenoxy) is 2. The van der Waals surface area contributed by atoms with E-state index in [0.29, 0.717) is 22.6 Å². The number of phenolic OH excluding ortho intramolecular Hbond substituents is 1. The van der Waals surface area contributed by atoms with Crippen molar-refractivity contribution in [2.24, 2.45) is 17.6 Å². The molecule has 2 aromatic carbocycles. The molecule has 0 bridgehead atoms. The van der Waals surface area contributed by atoms with Crippen molar-refractivity contribution < 1.29 is 49.4 Å². The molecule has 0 saturated heterocycles. The summed E-state index contributed by atoms with van der Waals surface area (Å²) in [4.78, 5) is 41.1. The van der Waals surface area contributed by atoms with Crippen molar-refractivity contribution in [1.29, 1.82) is 0 Å². The molecule has 6 rings (SSSR count). The molecule has 1 amide bonds. The molecule has 7 N–H and O–H groups in total. The highest BCUT2D eigenvalue weighted by atomic mass is 16.7. The molecule has 12 heteroatoms. The number of carbonyl (C=O) groups is 3. The van der Waals surface area contributed by atoms with Crippen LogP contribution in [-0.2, 0) is 9.59 Å². The summed E-state index contributed by atoms with van der Waals surface area (Å²) in [5.41, 5.74) is 1.99. The maximum atomic E-state index is 14.0. The van der Waals surface area contributed by atoms with Crippen molar-refractivity contribution in [3.05, 3.63) is 64.1 Å². The summed E-state index contributed by atoms with van der Waals surface area (Å²) in [5, 5.41) is 57.3. The largest absolute Gasteiger partial charge is 0.510 e. The molecule has 41 heavy (non-hydrogen) atoms. The summed E-state index contributed by atoms with van der Waals surface area (Å²) in [6.45, 7) is 1.72. The molecule has 0 spiro atoms. The molecule has 0 fully saturated rings. The third-order valence-electron chi connectivity index (χ3n) is 8.81. The number of aliphatic hydroxyl groups is 4. The topological polar surface area (TPSA) is 200 Å². The summed E-state index contributed by atoms with van der Waals surface area (Å²) in [6.07, 6.45) is -1.65. The van der Waals surface area contributed by atoms with Gasteiger partial charge in [-0.2, -0.15) is 0 Å². The van der Waals surface area contributed by atoms with Gasteiger partial charge in [0.15, 0.2) is 22.9 Å². The van der Waals surface area contributed by atoms with Crippen LogP contribution in [0.2, 0.25) is 0 Å². The van der Waals surface area contributed by atoms with Crippen molar-refractivity contribution >= 4 is 17.5 Å². The minimum absolute atomic E-state index is 0.0455. The molecular weight excluding hydrogens is 536 g/mol. The lowest BCUT2D eigenvalue weighted by molar-refractivity contribution is -0.162. The Morgan fingerprint density at radius 1 is 1.07 bits per heavy atom. The second-order valence-electron chi connectivity index (χ2n) is 11.0. The monoisotopic (exact) mass is 564 g/mol. The van der Waals surface area contributed by atoms with Gasteiger partial charge in [-0.25, -0.2) is 0 Å². The molecular formula is C29H28N2O10. The molecule has 1 heterocycles. The first-order valence-electron chi connectivity index (χ1n) is 12.9. The number of Topliss-reactive ketones (excluding diaryl/α,β-unsaturated/α-hetero) is 2. The number of aliphatic hydroxyl groups excluding tert-OH is 3. The minimum atomic E-state index is -2.96. The molecule has 3 aliphatic carbocycles. The second-order valence-corrected chi connectivity index (χ2v) is 11.0. The Bertz CT molecular complexity index is 1630. The molecule has 2 aromatic rings. The van der Waals surface area contributed by atoms with Crippen LogP contribution in [0.3, 0.4) is 0 Å². The molecule has 12 nitrogen and oxygen atoms in total. The van der Waals surface area contributed by atoms with Crippen molar-refractivity contribution in [3.63, 3.8) is 0 Å². The SMILES string of the molecule is C[C@@H]1c2ccc(-c3ccc4c(c3)OCO4)c(O)c2C(=O)C2=C(O)[C@@]3(O)C(=O)C(C(N)=O)=C(O)[C@H](N(C)C)[C@H]3[C@H](O)[C@H]21. The highest BCUT2D eigenvalue weighted by Crippen LogP contribution is 2.56. The van der Waals surface area contributed by atoms with E-state index in [1.807, 2.05) is 0 Å². The predicted octanol–water partition coefficient (Wildman–Crippen LogP) is 1.05. The summed E-state index contributed by atoms with van der Waals surface area (Å²) in [7, 11) is 2.97. The molecule has 4 aliphatic rings. The Balaban J connectivity index is 1.56. The summed E-state index contributed by atoms with van der Waals surface area (Å²) in [6, 6.07) is 6.92. The van der Waals surface area contributed by atoms with E-state index in [1.54, 1.807) is 37.3 Å². The van der Waals surface area contributed by atoms with Crippen LogP contribution in [0.4, 0.5) is 0 Å². The first kappa shape index (κ1) is 26.8. The summed E-state index contributed by atoms with van der Waals surface area (Å²) in [5.74, 6) is -8.31. The highest BCUT2D eigenvalue weighted by Gasteiger charge is 2.67. The third-order valence-corrected chi connectivity index (χ3v) is 8.81. The molecule has 1 aliphatic heterocycles. The number of rotatable bonds is 3. The average Bonchev–Trinajstić information content (AvgIpc) is 3.38. The van der Waals surface area contributed by atoms with E-state index in [2.05, 4.69) is 0 Å². The fourth-order valence-corrected chi connectivity index (χ4v) is 6.92. The molecule has 0 unspecified atom stereocenters. The third kappa shape index (κ3) is 3.35. The van der Waals surface area contributed by atoms with E-state index >= 15 is 0 Å². The van der Waals surface area contributed by atoms with Gasteiger partial charge in [0.05, 0.1) is 23.6 Å². The van der Waals surface area contributed by atoms with Crippen molar-refractivity contribution in [3.8, 4) is 28.4 Å². The first-order valence-corrected chi connectivity index (χ1v) is 12.9. The number of aromatic hydroxyl groups is 1. The van der Waals surface area contributed by atoms with Gasteiger partial charge in [0.2, 0.25) is 12.6 Å². The molecule has 214 valence electrons. The smallest absolute Gasteiger partial charge is 0.255 e. The first-order chi connectivity index (χ1) is 19.3. The van der Waals surface area contributed by atoms with Gasteiger partial charge >= 0.3 is 0 Å². The van der Waals surface area contributed by atoms with Gasteiger partial charge in [0, 0.05) is 17.1 Å². The maximum absolute atomic E-state index is 14.0. The van der Waals surface area contributed by atoms with Crippen LogP contribution in [-0.4, -0.2) is 86.5 Å². The number of ketones is 2. The number of phenols is 1. The zero-order chi connectivity index (χ0) is 29.7. The van der Waals surface area contributed by atoms with Crippen LogP contribution in [0.1, 0.15) is 28.8 Å². The number of fused-ring (bicyclic) bond motifs is 4. The predicted molar refractivity (Wildman–Crippen MR) is 141 cm³/mol. The number of nitrogens with zero attached hydrogens (tertiary/aromatic N) is 1. The summed E-state index contributed by atoms with van der Waals surface area (Å²) < 4.78 is 10.8. The van der Waals surface area contributed by atoms with Crippen LogP contribution < -0.4 is 15.2 Å². The van der Waals surface area contributed by atoms with Gasteiger partial charge in [0.25, 0.3) is 5.91 Å². The van der Waals surface area contributed by atoms with Gasteiger partial charge in [-0.05, 0) is 43.3 Å². The van der Waals surface area contributed by atoms with E-state index in [-0.39, 0.29) is 17.9 Å². The van der Waals surface area contributed by atoms with Gasteiger partial charge in [-0.3, -0.25) is 19.3 Å². The molecule has 6 atom stereocenters. The number of primary amides is 1. The number of amides is 1. The number of nitrogens with two attached hydrogens (primary N) is 1. The number of benzene rings is 2. The highest BCUT2D eigenvalue weighted by molar-refractivity contribution is 6.25. The number of carbonyl (C=O) groups excluding carboxylic acids is 3.